The van der Waals surface area contributed by atoms with Crippen LogP contribution in [0, 0.1) is 0 Å². The number of aromatic nitrogens is 3. The van der Waals surface area contributed by atoms with Crippen LogP contribution in [0.5, 0.6) is 0 Å². The highest BCUT2D eigenvalue weighted by molar-refractivity contribution is 5.77. The minimum absolute atomic E-state index is 0.0302. The SMILES string of the molecule is COCC(=O)N1CCC[C@@H](c2nc(N3CCOCC3)ncc2-c2cccnc2)C1. The number of morpholine rings is 1. The number of rotatable bonds is 5. The minimum atomic E-state index is 0.0302. The Hall–Kier alpha value is -2.58. The van der Waals surface area contributed by atoms with E-state index in [1.807, 2.05) is 29.4 Å². The monoisotopic (exact) mass is 397 g/mol. The molecule has 0 aromatic carbocycles. The molecule has 4 heterocycles. The molecule has 0 radical (unpaired) electrons. The first-order chi connectivity index (χ1) is 14.3. The van der Waals surface area contributed by atoms with Crippen LogP contribution in [0.2, 0.25) is 0 Å². The zero-order chi connectivity index (χ0) is 20.1. The lowest BCUT2D eigenvalue weighted by atomic mass is 9.90. The number of amides is 1. The van der Waals surface area contributed by atoms with E-state index in [4.69, 9.17) is 14.5 Å². The Labute approximate surface area is 170 Å². The van der Waals surface area contributed by atoms with Gasteiger partial charge in [0.1, 0.15) is 6.61 Å². The highest BCUT2D eigenvalue weighted by Gasteiger charge is 2.29. The number of carbonyl (C=O) groups is 1. The summed E-state index contributed by atoms with van der Waals surface area (Å²) >= 11 is 0. The molecule has 8 heteroatoms. The number of likely N-dealkylation sites (tertiary alicyclic amines) is 1. The normalized spacial score (nSPS) is 20.0. The maximum atomic E-state index is 12.4. The summed E-state index contributed by atoms with van der Waals surface area (Å²) in [5, 5.41) is 0. The van der Waals surface area contributed by atoms with E-state index in [0.717, 1.165) is 55.2 Å². The number of ether oxygens (including phenoxy) is 2. The Morgan fingerprint density at radius 1 is 1.28 bits per heavy atom. The number of hydrogen-bond acceptors (Lipinski definition) is 7. The van der Waals surface area contributed by atoms with Gasteiger partial charge in [0.25, 0.3) is 0 Å². The number of anilines is 1. The highest BCUT2D eigenvalue weighted by atomic mass is 16.5. The zero-order valence-corrected chi connectivity index (χ0v) is 16.8. The van der Waals surface area contributed by atoms with Gasteiger partial charge < -0.3 is 19.3 Å². The number of nitrogens with zero attached hydrogens (tertiary/aromatic N) is 5. The second-order valence-electron chi connectivity index (χ2n) is 7.42. The molecule has 0 saturated carbocycles. The van der Waals surface area contributed by atoms with Crippen LogP contribution >= 0.6 is 0 Å². The van der Waals surface area contributed by atoms with Crippen LogP contribution in [0.3, 0.4) is 0 Å². The van der Waals surface area contributed by atoms with Crippen LogP contribution < -0.4 is 4.90 Å². The highest BCUT2D eigenvalue weighted by Crippen LogP contribution is 2.34. The van der Waals surface area contributed by atoms with Crippen LogP contribution in [-0.4, -0.2) is 78.9 Å². The molecule has 2 aromatic rings. The van der Waals surface area contributed by atoms with Gasteiger partial charge in [-0.25, -0.2) is 9.97 Å². The second kappa shape index (κ2) is 9.28. The molecule has 1 atom stereocenters. The van der Waals surface area contributed by atoms with Crippen molar-refractivity contribution in [3.05, 3.63) is 36.4 Å². The van der Waals surface area contributed by atoms with E-state index in [0.29, 0.717) is 19.8 Å². The van der Waals surface area contributed by atoms with Crippen molar-refractivity contribution in [1.29, 1.82) is 0 Å². The molecule has 0 spiro atoms. The summed E-state index contributed by atoms with van der Waals surface area (Å²) in [6, 6.07) is 3.95. The maximum absolute atomic E-state index is 12.4. The van der Waals surface area contributed by atoms with Gasteiger partial charge in [0.05, 0.1) is 18.9 Å². The van der Waals surface area contributed by atoms with Crippen molar-refractivity contribution in [2.45, 2.75) is 18.8 Å². The molecule has 0 bridgehead atoms. The molecule has 8 nitrogen and oxygen atoms in total. The standard InChI is InChI=1S/C21H27N5O3/c1-28-15-19(27)26-7-3-5-17(14-26)20-18(16-4-2-6-22-12-16)13-23-21(24-20)25-8-10-29-11-9-25/h2,4,6,12-13,17H,3,5,7-11,14-15H2,1H3/t17-/m1/s1. The Bertz CT molecular complexity index is 826. The molecule has 1 amide bonds. The van der Waals surface area contributed by atoms with Gasteiger partial charge in [-0.1, -0.05) is 6.07 Å². The van der Waals surface area contributed by atoms with Gasteiger partial charge in [0.15, 0.2) is 0 Å². The molecule has 2 saturated heterocycles. The summed E-state index contributed by atoms with van der Waals surface area (Å²) in [6.45, 7) is 4.48. The van der Waals surface area contributed by atoms with Gasteiger partial charge in [-0.15, -0.1) is 0 Å². The molecular weight excluding hydrogens is 370 g/mol. The molecule has 0 unspecified atom stereocenters. The summed E-state index contributed by atoms with van der Waals surface area (Å²) < 4.78 is 10.5. The van der Waals surface area contributed by atoms with Crippen LogP contribution in [0.25, 0.3) is 11.1 Å². The van der Waals surface area contributed by atoms with Crippen LogP contribution in [0.4, 0.5) is 5.95 Å². The molecule has 154 valence electrons. The first kappa shape index (κ1) is 19.7. The Morgan fingerprint density at radius 3 is 2.90 bits per heavy atom. The predicted molar refractivity (Wildman–Crippen MR) is 109 cm³/mol. The first-order valence-electron chi connectivity index (χ1n) is 10.1. The molecule has 2 aromatic heterocycles. The molecule has 4 rings (SSSR count). The number of methoxy groups -OCH3 is 1. The van der Waals surface area contributed by atoms with Crippen LogP contribution in [-0.2, 0) is 14.3 Å². The van der Waals surface area contributed by atoms with Gasteiger partial charge in [-0.2, -0.15) is 0 Å². The van der Waals surface area contributed by atoms with Crippen molar-refractivity contribution in [2.24, 2.45) is 0 Å². The van der Waals surface area contributed by atoms with E-state index < -0.39 is 0 Å². The molecule has 2 fully saturated rings. The van der Waals surface area contributed by atoms with Gasteiger partial charge in [-0.05, 0) is 18.9 Å². The van der Waals surface area contributed by atoms with E-state index >= 15 is 0 Å². The Kier molecular flexibility index (Phi) is 6.31. The topological polar surface area (TPSA) is 80.7 Å². The van der Waals surface area contributed by atoms with Crippen molar-refractivity contribution in [3.63, 3.8) is 0 Å². The molecule has 0 N–H and O–H groups in total. The predicted octanol–water partition coefficient (Wildman–Crippen LogP) is 1.73. The van der Waals surface area contributed by atoms with Gasteiger partial charge >= 0.3 is 0 Å². The lowest BCUT2D eigenvalue weighted by Crippen LogP contribution is -2.41. The third-order valence-corrected chi connectivity index (χ3v) is 5.50. The fourth-order valence-corrected chi connectivity index (χ4v) is 4.00. The first-order valence-corrected chi connectivity index (χ1v) is 10.1. The van der Waals surface area contributed by atoms with E-state index in [1.54, 1.807) is 13.3 Å². The summed E-state index contributed by atoms with van der Waals surface area (Å²) in [5.74, 6) is 0.918. The number of piperidine rings is 1. The largest absolute Gasteiger partial charge is 0.378 e. The van der Waals surface area contributed by atoms with E-state index in [2.05, 4.69) is 14.9 Å². The molecule has 2 aliphatic rings. The fraction of sp³-hybridized carbons (Fsp3) is 0.524. The molecule has 29 heavy (non-hydrogen) atoms. The summed E-state index contributed by atoms with van der Waals surface area (Å²) in [7, 11) is 1.55. The fourth-order valence-electron chi connectivity index (χ4n) is 4.00. The molecule has 2 aliphatic heterocycles. The van der Waals surface area contributed by atoms with E-state index in [9.17, 15) is 4.79 Å². The van der Waals surface area contributed by atoms with E-state index in [-0.39, 0.29) is 18.4 Å². The minimum Gasteiger partial charge on any atom is -0.378 e. The van der Waals surface area contributed by atoms with Crippen molar-refractivity contribution >= 4 is 11.9 Å². The van der Waals surface area contributed by atoms with Gasteiger partial charge in [0, 0.05) is 68.9 Å². The number of pyridine rings is 1. The Morgan fingerprint density at radius 2 is 2.14 bits per heavy atom. The average molecular weight is 397 g/mol. The molecular formula is C21H27N5O3. The molecule has 0 aliphatic carbocycles. The smallest absolute Gasteiger partial charge is 0.248 e. The maximum Gasteiger partial charge on any atom is 0.248 e. The van der Waals surface area contributed by atoms with Gasteiger partial charge in [-0.3, -0.25) is 9.78 Å². The van der Waals surface area contributed by atoms with Crippen LogP contribution in [0.1, 0.15) is 24.5 Å². The second-order valence-corrected chi connectivity index (χ2v) is 7.42. The van der Waals surface area contributed by atoms with Crippen molar-refractivity contribution < 1.29 is 14.3 Å². The third-order valence-electron chi connectivity index (χ3n) is 5.50. The quantitative estimate of drug-likeness (QED) is 0.760. The Balaban J connectivity index is 1.67. The lowest BCUT2D eigenvalue weighted by molar-refractivity contribution is -0.136. The van der Waals surface area contributed by atoms with Crippen molar-refractivity contribution in [1.82, 2.24) is 19.9 Å². The summed E-state index contributed by atoms with van der Waals surface area (Å²) in [5.41, 5.74) is 2.97. The van der Waals surface area contributed by atoms with Gasteiger partial charge in [0.2, 0.25) is 11.9 Å². The van der Waals surface area contributed by atoms with Crippen molar-refractivity contribution in [3.8, 4) is 11.1 Å². The summed E-state index contributed by atoms with van der Waals surface area (Å²) in [4.78, 5) is 30.3. The number of hydrogen-bond donors (Lipinski definition) is 0. The van der Waals surface area contributed by atoms with Crippen LogP contribution in [0.15, 0.2) is 30.7 Å². The zero-order valence-electron chi connectivity index (χ0n) is 16.8. The summed E-state index contributed by atoms with van der Waals surface area (Å²) in [6.07, 6.45) is 7.44. The van der Waals surface area contributed by atoms with Crippen molar-refractivity contribution in [2.75, 3.05) is 58.0 Å². The van der Waals surface area contributed by atoms with E-state index in [1.165, 1.54) is 0 Å². The number of carbonyl (C=O) groups excluding carboxylic acids is 1. The lowest BCUT2D eigenvalue weighted by Gasteiger charge is -2.34. The average Bonchev–Trinajstić information content (AvgIpc) is 2.80. The third kappa shape index (κ3) is 4.54.